The van der Waals surface area contributed by atoms with Crippen molar-refractivity contribution in [1.82, 2.24) is 10.2 Å². The fourth-order valence-corrected chi connectivity index (χ4v) is 3.33. The minimum absolute atomic E-state index is 0.117. The lowest BCUT2D eigenvalue weighted by molar-refractivity contribution is -0.127. The van der Waals surface area contributed by atoms with Gasteiger partial charge in [0.2, 0.25) is 5.91 Å². The van der Waals surface area contributed by atoms with E-state index in [-0.39, 0.29) is 12.2 Å². The van der Waals surface area contributed by atoms with Gasteiger partial charge in [0.1, 0.15) is 12.2 Å². The Morgan fingerprint density at radius 3 is 2.80 bits per heavy atom. The zero-order chi connectivity index (χ0) is 18.0. The number of benzene rings is 1. The first-order chi connectivity index (χ1) is 11.9. The third-order valence-electron chi connectivity index (χ3n) is 3.45. The SMILES string of the molecule is Cc1cccc(NC(=O)CN2C(=O)N/C(=C/c3ccc(Cl)s3)C2=O)c1. The average molecular weight is 376 g/mol. The summed E-state index contributed by atoms with van der Waals surface area (Å²) >= 11 is 7.13. The monoisotopic (exact) mass is 375 g/mol. The predicted octanol–water partition coefficient (Wildman–Crippen LogP) is 3.24. The summed E-state index contributed by atoms with van der Waals surface area (Å²) in [5.41, 5.74) is 1.72. The highest BCUT2D eigenvalue weighted by molar-refractivity contribution is 7.17. The maximum Gasteiger partial charge on any atom is 0.329 e. The zero-order valence-electron chi connectivity index (χ0n) is 13.2. The molecule has 0 unspecified atom stereocenters. The lowest BCUT2D eigenvalue weighted by atomic mass is 10.2. The van der Waals surface area contributed by atoms with Gasteiger partial charge in [-0.05, 0) is 42.8 Å². The Hall–Kier alpha value is -2.64. The molecule has 0 radical (unpaired) electrons. The number of aryl methyl sites for hydroxylation is 1. The van der Waals surface area contributed by atoms with Crippen LogP contribution in [0.5, 0.6) is 0 Å². The number of anilines is 1. The largest absolute Gasteiger partial charge is 0.329 e. The van der Waals surface area contributed by atoms with Gasteiger partial charge in [0.15, 0.2) is 0 Å². The van der Waals surface area contributed by atoms with E-state index in [2.05, 4.69) is 10.6 Å². The zero-order valence-corrected chi connectivity index (χ0v) is 14.8. The number of amides is 4. The third-order valence-corrected chi connectivity index (χ3v) is 4.62. The number of carbonyl (C=O) groups is 3. The van der Waals surface area contributed by atoms with E-state index >= 15 is 0 Å². The van der Waals surface area contributed by atoms with Crippen molar-refractivity contribution < 1.29 is 14.4 Å². The first-order valence-corrected chi connectivity index (χ1v) is 8.58. The summed E-state index contributed by atoms with van der Waals surface area (Å²) in [6.45, 7) is 1.54. The molecule has 0 spiro atoms. The van der Waals surface area contributed by atoms with E-state index in [9.17, 15) is 14.4 Å². The van der Waals surface area contributed by atoms with Gasteiger partial charge >= 0.3 is 6.03 Å². The van der Waals surface area contributed by atoms with Gasteiger partial charge in [-0.3, -0.25) is 9.59 Å². The normalized spacial score (nSPS) is 15.6. The van der Waals surface area contributed by atoms with E-state index in [1.807, 2.05) is 19.1 Å². The molecule has 4 amide bonds. The number of nitrogens with one attached hydrogen (secondary N) is 2. The summed E-state index contributed by atoms with van der Waals surface area (Å²) in [4.78, 5) is 38.0. The predicted molar refractivity (Wildman–Crippen MR) is 97.4 cm³/mol. The molecule has 2 aromatic rings. The summed E-state index contributed by atoms with van der Waals surface area (Å²) in [5.74, 6) is -0.997. The maximum absolute atomic E-state index is 12.3. The van der Waals surface area contributed by atoms with Crippen LogP contribution in [0, 0.1) is 6.92 Å². The minimum Gasteiger partial charge on any atom is -0.325 e. The Kier molecular flexibility index (Phi) is 4.87. The second-order valence-electron chi connectivity index (χ2n) is 5.44. The van der Waals surface area contributed by atoms with Crippen LogP contribution in [0.1, 0.15) is 10.4 Å². The highest BCUT2D eigenvalue weighted by Gasteiger charge is 2.35. The number of halogens is 1. The number of thiophene rings is 1. The van der Waals surface area contributed by atoms with Crippen molar-refractivity contribution >= 4 is 52.5 Å². The summed E-state index contributed by atoms with van der Waals surface area (Å²) < 4.78 is 0.581. The van der Waals surface area contributed by atoms with Crippen LogP contribution in [-0.4, -0.2) is 29.3 Å². The molecule has 0 aliphatic carbocycles. The molecule has 1 saturated heterocycles. The summed E-state index contributed by atoms with van der Waals surface area (Å²) in [6.07, 6.45) is 1.54. The fraction of sp³-hybridized carbons (Fsp3) is 0.118. The van der Waals surface area contributed by atoms with Crippen LogP contribution >= 0.6 is 22.9 Å². The number of hydrogen-bond acceptors (Lipinski definition) is 4. The van der Waals surface area contributed by atoms with Crippen molar-refractivity contribution in [3.8, 4) is 0 Å². The fourth-order valence-electron chi connectivity index (χ4n) is 2.33. The number of carbonyl (C=O) groups excluding carboxylic acids is 3. The molecule has 1 aliphatic rings. The van der Waals surface area contributed by atoms with Crippen LogP contribution in [0.4, 0.5) is 10.5 Å². The highest BCUT2D eigenvalue weighted by Crippen LogP contribution is 2.24. The smallest absolute Gasteiger partial charge is 0.325 e. The second-order valence-corrected chi connectivity index (χ2v) is 7.19. The molecular weight excluding hydrogens is 362 g/mol. The molecule has 6 nitrogen and oxygen atoms in total. The number of nitrogens with zero attached hydrogens (tertiary/aromatic N) is 1. The Morgan fingerprint density at radius 1 is 1.32 bits per heavy atom. The molecule has 2 heterocycles. The Balaban J connectivity index is 1.68. The lowest BCUT2D eigenvalue weighted by Gasteiger charge is -2.12. The minimum atomic E-state index is -0.627. The highest BCUT2D eigenvalue weighted by atomic mass is 35.5. The van der Waals surface area contributed by atoms with E-state index in [4.69, 9.17) is 11.6 Å². The van der Waals surface area contributed by atoms with Gasteiger partial charge in [-0.25, -0.2) is 9.69 Å². The molecule has 128 valence electrons. The van der Waals surface area contributed by atoms with Crippen LogP contribution in [0.3, 0.4) is 0 Å². The van der Waals surface area contributed by atoms with E-state index in [0.29, 0.717) is 10.0 Å². The van der Waals surface area contributed by atoms with Crippen molar-refractivity contribution in [1.29, 1.82) is 0 Å². The van der Waals surface area contributed by atoms with Crippen molar-refractivity contribution in [2.24, 2.45) is 0 Å². The molecule has 0 atom stereocenters. The second kappa shape index (κ2) is 7.08. The first kappa shape index (κ1) is 17.2. The Morgan fingerprint density at radius 2 is 2.12 bits per heavy atom. The van der Waals surface area contributed by atoms with Gasteiger partial charge in [0.05, 0.1) is 4.34 Å². The molecule has 0 saturated carbocycles. The van der Waals surface area contributed by atoms with E-state index in [0.717, 1.165) is 15.3 Å². The summed E-state index contributed by atoms with van der Waals surface area (Å²) in [6, 6.07) is 10.1. The number of hydrogen-bond donors (Lipinski definition) is 2. The van der Waals surface area contributed by atoms with E-state index < -0.39 is 17.8 Å². The number of urea groups is 1. The maximum atomic E-state index is 12.3. The summed E-state index contributed by atoms with van der Waals surface area (Å²) in [5, 5.41) is 5.14. The molecule has 0 bridgehead atoms. The van der Waals surface area contributed by atoms with Crippen molar-refractivity contribution in [2.75, 3.05) is 11.9 Å². The lowest BCUT2D eigenvalue weighted by Crippen LogP contribution is -2.38. The van der Waals surface area contributed by atoms with Gasteiger partial charge in [-0.1, -0.05) is 23.7 Å². The van der Waals surface area contributed by atoms with E-state index in [1.54, 1.807) is 24.3 Å². The standard InChI is InChI=1S/C17H14ClN3O3S/c1-10-3-2-4-11(7-10)19-15(22)9-21-16(23)13(20-17(21)24)8-12-5-6-14(18)25-12/h2-8H,9H2,1H3,(H,19,22)(H,20,24)/b13-8+. The van der Waals surface area contributed by atoms with Crippen molar-refractivity contribution in [3.63, 3.8) is 0 Å². The Bertz CT molecular complexity index is 891. The van der Waals surface area contributed by atoms with Crippen LogP contribution in [0.2, 0.25) is 4.34 Å². The number of imide groups is 1. The molecule has 1 fully saturated rings. The quantitative estimate of drug-likeness (QED) is 0.636. The molecular formula is C17H14ClN3O3S. The molecule has 2 N–H and O–H groups in total. The molecule has 3 rings (SSSR count). The van der Waals surface area contributed by atoms with E-state index in [1.165, 1.54) is 17.4 Å². The van der Waals surface area contributed by atoms with Gasteiger partial charge in [-0.15, -0.1) is 11.3 Å². The number of rotatable bonds is 4. The molecule has 1 aliphatic heterocycles. The third kappa shape index (κ3) is 4.07. The first-order valence-electron chi connectivity index (χ1n) is 7.39. The van der Waals surface area contributed by atoms with Crippen molar-refractivity contribution in [3.05, 3.63) is 56.9 Å². The Labute approximate surface area is 153 Å². The van der Waals surface area contributed by atoms with Crippen molar-refractivity contribution in [2.45, 2.75) is 6.92 Å². The van der Waals surface area contributed by atoms with Crippen LogP contribution in [0.15, 0.2) is 42.1 Å². The van der Waals surface area contributed by atoms with Gasteiger partial charge in [0, 0.05) is 10.6 Å². The summed E-state index contributed by atoms with van der Waals surface area (Å²) in [7, 11) is 0. The molecule has 1 aromatic heterocycles. The molecule has 25 heavy (non-hydrogen) atoms. The molecule has 1 aromatic carbocycles. The van der Waals surface area contributed by atoms with Crippen LogP contribution in [0.25, 0.3) is 6.08 Å². The van der Waals surface area contributed by atoms with Gasteiger partial charge in [0.25, 0.3) is 5.91 Å². The topological polar surface area (TPSA) is 78.5 Å². The van der Waals surface area contributed by atoms with Crippen LogP contribution in [-0.2, 0) is 9.59 Å². The van der Waals surface area contributed by atoms with Gasteiger partial charge in [-0.2, -0.15) is 0 Å². The van der Waals surface area contributed by atoms with Gasteiger partial charge < -0.3 is 10.6 Å². The average Bonchev–Trinajstić information content (AvgIpc) is 3.06. The molecule has 8 heteroatoms. The van der Waals surface area contributed by atoms with Crippen LogP contribution < -0.4 is 10.6 Å².